The van der Waals surface area contributed by atoms with Crippen molar-refractivity contribution in [2.24, 2.45) is 0 Å². The highest BCUT2D eigenvalue weighted by Gasteiger charge is 2.16. The van der Waals surface area contributed by atoms with Crippen LogP contribution in [0.3, 0.4) is 0 Å². The van der Waals surface area contributed by atoms with Gasteiger partial charge in [-0.05, 0) is 31.4 Å². The highest BCUT2D eigenvalue weighted by molar-refractivity contribution is 7.42. The molecule has 1 aliphatic rings. The molecule has 0 N–H and O–H groups in total. The van der Waals surface area contributed by atoms with Crippen molar-refractivity contribution in [3.8, 4) is 5.75 Å². The van der Waals surface area contributed by atoms with Crippen molar-refractivity contribution in [2.75, 3.05) is 13.2 Å². The Bertz CT molecular complexity index is 270. The average Bonchev–Trinajstić information content (AvgIpc) is 2.23. The van der Waals surface area contributed by atoms with Gasteiger partial charge in [-0.25, -0.2) is 0 Å². The molecule has 1 heterocycles. The fraction of sp³-hybridized carbons (Fsp3) is 0.455. The van der Waals surface area contributed by atoms with Gasteiger partial charge < -0.3 is 13.6 Å². The van der Waals surface area contributed by atoms with E-state index in [9.17, 15) is 0 Å². The first-order valence-corrected chi connectivity index (χ1v) is 6.34. The molecule has 1 aliphatic heterocycles. The van der Waals surface area contributed by atoms with Crippen molar-refractivity contribution in [3.63, 3.8) is 0 Å². The molecular weight excluding hydrogens is 211 g/mol. The minimum atomic E-state index is -1.19. The zero-order valence-electron chi connectivity index (χ0n) is 8.59. The van der Waals surface area contributed by atoms with Gasteiger partial charge >= 0.3 is 8.60 Å². The summed E-state index contributed by atoms with van der Waals surface area (Å²) < 4.78 is 16.6. The zero-order valence-corrected chi connectivity index (χ0v) is 9.49. The Kier molecular flexibility index (Phi) is 4.39. The highest BCUT2D eigenvalue weighted by atomic mass is 31.2. The normalized spacial score (nSPS) is 19.2. The van der Waals surface area contributed by atoms with Gasteiger partial charge in [-0.15, -0.1) is 0 Å². The Morgan fingerprint density at radius 2 is 1.60 bits per heavy atom. The summed E-state index contributed by atoms with van der Waals surface area (Å²) in [5.74, 6) is 0.809. The number of para-hydroxylation sites is 1. The zero-order chi connectivity index (χ0) is 10.3. The molecule has 0 aliphatic carbocycles. The van der Waals surface area contributed by atoms with E-state index in [0.29, 0.717) is 0 Å². The lowest BCUT2D eigenvalue weighted by molar-refractivity contribution is 0.180. The van der Waals surface area contributed by atoms with Crippen molar-refractivity contribution < 1.29 is 13.6 Å². The van der Waals surface area contributed by atoms with E-state index in [1.165, 1.54) is 6.42 Å². The standard InChI is InChI=1S/C11H15O3P/c1-3-7-11(8-4-1)14-15-12-9-5-2-6-10-13-15/h1,3-4,7-8H,2,5-6,9-10H2. The van der Waals surface area contributed by atoms with Crippen LogP contribution in [0.1, 0.15) is 19.3 Å². The van der Waals surface area contributed by atoms with Crippen molar-refractivity contribution >= 4 is 8.60 Å². The van der Waals surface area contributed by atoms with Gasteiger partial charge in [-0.3, -0.25) is 0 Å². The molecule has 1 aromatic rings. The van der Waals surface area contributed by atoms with Gasteiger partial charge in [0.05, 0.1) is 13.2 Å². The predicted molar refractivity (Wildman–Crippen MR) is 59.7 cm³/mol. The van der Waals surface area contributed by atoms with Crippen LogP contribution in [0, 0.1) is 0 Å². The van der Waals surface area contributed by atoms with Gasteiger partial charge in [-0.1, -0.05) is 18.2 Å². The smallest absolute Gasteiger partial charge is 0.397 e. The van der Waals surface area contributed by atoms with E-state index in [0.717, 1.165) is 31.8 Å². The van der Waals surface area contributed by atoms with Crippen LogP contribution in [-0.2, 0) is 9.05 Å². The first-order valence-electron chi connectivity index (χ1n) is 5.24. The predicted octanol–water partition coefficient (Wildman–Crippen LogP) is 3.51. The fourth-order valence-electron chi connectivity index (χ4n) is 1.32. The number of hydrogen-bond acceptors (Lipinski definition) is 3. The summed E-state index contributed by atoms with van der Waals surface area (Å²) in [7, 11) is -1.19. The van der Waals surface area contributed by atoms with Crippen LogP contribution < -0.4 is 4.52 Å². The summed E-state index contributed by atoms with van der Waals surface area (Å²) in [6.07, 6.45) is 3.37. The number of benzene rings is 1. The molecule has 0 unspecified atom stereocenters. The van der Waals surface area contributed by atoms with Crippen molar-refractivity contribution in [1.29, 1.82) is 0 Å². The first kappa shape index (κ1) is 10.9. The minimum absolute atomic E-state index is 0.735. The Morgan fingerprint density at radius 1 is 0.933 bits per heavy atom. The van der Waals surface area contributed by atoms with E-state index in [1.807, 2.05) is 30.3 Å². The monoisotopic (exact) mass is 226 g/mol. The van der Waals surface area contributed by atoms with Gasteiger partial charge in [0.25, 0.3) is 0 Å². The SMILES string of the molecule is c1ccc(OP2OCCCCCO2)cc1. The second kappa shape index (κ2) is 6.06. The lowest BCUT2D eigenvalue weighted by Crippen LogP contribution is -2.04. The van der Waals surface area contributed by atoms with Crippen molar-refractivity contribution in [3.05, 3.63) is 30.3 Å². The first-order chi connectivity index (χ1) is 7.45. The van der Waals surface area contributed by atoms with E-state index >= 15 is 0 Å². The molecule has 4 heteroatoms. The second-order valence-corrected chi connectivity index (χ2v) is 4.50. The summed E-state index contributed by atoms with van der Waals surface area (Å²) in [5, 5.41) is 0. The third-order valence-corrected chi connectivity index (χ3v) is 3.25. The molecule has 1 fully saturated rings. The molecule has 0 saturated carbocycles. The molecule has 0 radical (unpaired) electrons. The van der Waals surface area contributed by atoms with Gasteiger partial charge in [0, 0.05) is 0 Å². The summed E-state index contributed by atoms with van der Waals surface area (Å²) in [4.78, 5) is 0. The van der Waals surface area contributed by atoms with E-state index in [1.54, 1.807) is 0 Å². The Morgan fingerprint density at radius 3 is 2.27 bits per heavy atom. The minimum Gasteiger partial charge on any atom is -0.427 e. The molecule has 2 rings (SSSR count). The molecule has 0 amide bonds. The van der Waals surface area contributed by atoms with Crippen molar-refractivity contribution in [2.45, 2.75) is 19.3 Å². The summed E-state index contributed by atoms with van der Waals surface area (Å²) in [6, 6.07) is 9.66. The highest BCUT2D eigenvalue weighted by Crippen LogP contribution is 2.41. The molecule has 82 valence electrons. The van der Waals surface area contributed by atoms with E-state index in [4.69, 9.17) is 13.6 Å². The van der Waals surface area contributed by atoms with E-state index in [-0.39, 0.29) is 0 Å². The van der Waals surface area contributed by atoms with E-state index in [2.05, 4.69) is 0 Å². The molecule has 15 heavy (non-hydrogen) atoms. The van der Waals surface area contributed by atoms with Crippen LogP contribution >= 0.6 is 8.60 Å². The molecule has 0 aromatic heterocycles. The van der Waals surface area contributed by atoms with Crippen molar-refractivity contribution in [1.82, 2.24) is 0 Å². The molecule has 0 spiro atoms. The maximum Gasteiger partial charge on any atom is 0.397 e. The van der Waals surface area contributed by atoms with Crippen LogP contribution in [0.5, 0.6) is 5.75 Å². The topological polar surface area (TPSA) is 27.7 Å². The number of rotatable bonds is 2. The summed E-state index contributed by atoms with van der Waals surface area (Å²) >= 11 is 0. The average molecular weight is 226 g/mol. The van der Waals surface area contributed by atoms with Crippen LogP contribution in [0.15, 0.2) is 30.3 Å². The van der Waals surface area contributed by atoms with Gasteiger partial charge in [0.1, 0.15) is 5.75 Å². The lowest BCUT2D eigenvalue weighted by Gasteiger charge is -2.19. The molecule has 3 nitrogen and oxygen atoms in total. The third kappa shape index (κ3) is 3.78. The Hall–Kier alpha value is -0.630. The van der Waals surface area contributed by atoms with Gasteiger partial charge in [0.15, 0.2) is 0 Å². The Labute approximate surface area is 91.4 Å². The largest absolute Gasteiger partial charge is 0.427 e. The van der Waals surface area contributed by atoms with Crippen LogP contribution in [0.25, 0.3) is 0 Å². The molecule has 0 bridgehead atoms. The number of hydrogen-bond donors (Lipinski definition) is 0. The van der Waals surface area contributed by atoms with Crippen LogP contribution in [-0.4, -0.2) is 13.2 Å². The third-order valence-electron chi connectivity index (χ3n) is 2.11. The van der Waals surface area contributed by atoms with E-state index < -0.39 is 8.60 Å². The molecule has 1 saturated heterocycles. The molecule has 1 aromatic carbocycles. The summed E-state index contributed by atoms with van der Waals surface area (Å²) in [5.41, 5.74) is 0. The Balaban J connectivity index is 1.86. The molecular formula is C11H15O3P. The fourth-order valence-corrected chi connectivity index (χ4v) is 2.35. The summed E-state index contributed by atoms with van der Waals surface area (Å²) in [6.45, 7) is 1.47. The maximum absolute atomic E-state index is 5.61. The quantitative estimate of drug-likeness (QED) is 0.722. The van der Waals surface area contributed by atoms with Gasteiger partial charge in [0.2, 0.25) is 0 Å². The lowest BCUT2D eigenvalue weighted by atomic mass is 10.2. The molecule has 0 atom stereocenters. The second-order valence-electron chi connectivity index (χ2n) is 3.36. The van der Waals surface area contributed by atoms with Crippen LogP contribution in [0.4, 0.5) is 0 Å². The van der Waals surface area contributed by atoms with Crippen LogP contribution in [0.2, 0.25) is 0 Å². The van der Waals surface area contributed by atoms with Gasteiger partial charge in [-0.2, -0.15) is 0 Å². The maximum atomic E-state index is 5.61.